The van der Waals surface area contributed by atoms with E-state index in [-0.39, 0.29) is 0 Å². The summed E-state index contributed by atoms with van der Waals surface area (Å²) >= 11 is 6.09. The molecule has 0 aliphatic rings. The fourth-order valence-corrected chi connectivity index (χ4v) is 2.25. The Kier molecular flexibility index (Phi) is 6.09. The molecule has 2 aromatic rings. The first-order valence-corrected chi connectivity index (χ1v) is 7.86. The van der Waals surface area contributed by atoms with Crippen molar-refractivity contribution in [3.63, 3.8) is 0 Å². The lowest BCUT2D eigenvalue weighted by Gasteiger charge is -2.12. The van der Waals surface area contributed by atoms with E-state index >= 15 is 0 Å². The van der Waals surface area contributed by atoms with Crippen LogP contribution in [0.1, 0.15) is 31.4 Å². The maximum absolute atomic E-state index is 6.09. The first-order chi connectivity index (χ1) is 10.2. The van der Waals surface area contributed by atoms with Crippen LogP contribution in [0.15, 0.2) is 42.5 Å². The summed E-state index contributed by atoms with van der Waals surface area (Å²) in [7, 11) is 0. The molecule has 0 amide bonds. The Hall–Kier alpha value is -1.51. The average Bonchev–Trinajstić information content (AvgIpc) is 2.50. The van der Waals surface area contributed by atoms with Crippen LogP contribution in [-0.4, -0.2) is 6.54 Å². The number of ether oxygens (including phenoxy) is 1. The molecule has 1 N–H and O–H groups in total. The molecule has 2 aromatic carbocycles. The van der Waals surface area contributed by atoms with Gasteiger partial charge < -0.3 is 10.1 Å². The van der Waals surface area contributed by atoms with Gasteiger partial charge in [-0.3, -0.25) is 0 Å². The standard InChI is InChI=1S/C18H22ClNO/c1-3-11-20-13-15-7-8-16(19)12-18(15)21-17-9-5-14(4-2)6-10-17/h5-10,12,20H,3-4,11,13H2,1-2H3. The van der Waals surface area contributed by atoms with E-state index in [0.29, 0.717) is 5.02 Å². The third-order valence-corrected chi connectivity index (χ3v) is 3.57. The number of rotatable bonds is 7. The Balaban J connectivity index is 2.14. The van der Waals surface area contributed by atoms with Crippen LogP contribution in [-0.2, 0) is 13.0 Å². The van der Waals surface area contributed by atoms with E-state index in [1.165, 1.54) is 5.56 Å². The minimum Gasteiger partial charge on any atom is -0.457 e. The topological polar surface area (TPSA) is 21.3 Å². The monoisotopic (exact) mass is 303 g/mol. The molecule has 0 saturated carbocycles. The minimum absolute atomic E-state index is 0.689. The average molecular weight is 304 g/mol. The smallest absolute Gasteiger partial charge is 0.133 e. The second kappa shape index (κ2) is 8.06. The molecule has 0 aliphatic carbocycles. The fourth-order valence-electron chi connectivity index (χ4n) is 2.09. The van der Waals surface area contributed by atoms with E-state index in [4.69, 9.17) is 16.3 Å². The van der Waals surface area contributed by atoms with Crippen LogP contribution in [0.25, 0.3) is 0 Å². The largest absolute Gasteiger partial charge is 0.457 e. The Bertz CT molecular complexity index is 566. The molecule has 0 unspecified atom stereocenters. The highest BCUT2D eigenvalue weighted by molar-refractivity contribution is 6.30. The number of hydrogen-bond acceptors (Lipinski definition) is 2. The van der Waals surface area contributed by atoms with Gasteiger partial charge in [0.25, 0.3) is 0 Å². The Morgan fingerprint density at radius 2 is 1.81 bits per heavy atom. The van der Waals surface area contributed by atoms with E-state index < -0.39 is 0 Å². The van der Waals surface area contributed by atoms with Crippen molar-refractivity contribution < 1.29 is 4.74 Å². The van der Waals surface area contributed by atoms with Gasteiger partial charge in [-0.2, -0.15) is 0 Å². The van der Waals surface area contributed by atoms with Crippen LogP contribution in [0, 0.1) is 0 Å². The summed E-state index contributed by atoms with van der Waals surface area (Å²) in [6.45, 7) is 6.08. The van der Waals surface area contributed by atoms with Crippen molar-refractivity contribution in [2.45, 2.75) is 33.2 Å². The second-order valence-electron chi connectivity index (χ2n) is 5.03. The third kappa shape index (κ3) is 4.76. The van der Waals surface area contributed by atoms with Gasteiger partial charge in [-0.1, -0.05) is 43.6 Å². The Labute approximate surface area is 132 Å². The highest BCUT2D eigenvalue weighted by atomic mass is 35.5. The van der Waals surface area contributed by atoms with Crippen molar-refractivity contribution in [2.24, 2.45) is 0 Å². The number of nitrogens with one attached hydrogen (secondary N) is 1. The van der Waals surface area contributed by atoms with Crippen LogP contribution >= 0.6 is 11.6 Å². The lowest BCUT2D eigenvalue weighted by atomic mass is 10.1. The maximum atomic E-state index is 6.09. The molecule has 0 spiro atoms. The van der Waals surface area contributed by atoms with Gasteiger partial charge >= 0.3 is 0 Å². The first-order valence-electron chi connectivity index (χ1n) is 7.49. The van der Waals surface area contributed by atoms with Gasteiger partial charge in [0.1, 0.15) is 11.5 Å². The summed E-state index contributed by atoms with van der Waals surface area (Å²) < 4.78 is 6.00. The molecular formula is C18H22ClNO. The fraction of sp³-hybridized carbons (Fsp3) is 0.333. The van der Waals surface area contributed by atoms with Gasteiger partial charge in [-0.15, -0.1) is 0 Å². The third-order valence-electron chi connectivity index (χ3n) is 3.33. The summed E-state index contributed by atoms with van der Waals surface area (Å²) in [6, 6.07) is 14.0. The zero-order chi connectivity index (χ0) is 15.1. The molecule has 112 valence electrons. The molecule has 0 heterocycles. The lowest BCUT2D eigenvalue weighted by Crippen LogP contribution is -2.14. The van der Waals surface area contributed by atoms with E-state index in [1.807, 2.05) is 30.3 Å². The number of benzene rings is 2. The number of halogens is 1. The van der Waals surface area contributed by atoms with Crippen LogP contribution < -0.4 is 10.1 Å². The maximum Gasteiger partial charge on any atom is 0.133 e. The van der Waals surface area contributed by atoms with Crippen LogP contribution in [0.3, 0.4) is 0 Å². The van der Waals surface area contributed by atoms with Crippen molar-refractivity contribution in [1.82, 2.24) is 5.32 Å². The molecule has 21 heavy (non-hydrogen) atoms. The van der Waals surface area contributed by atoms with E-state index in [9.17, 15) is 0 Å². The van der Waals surface area contributed by atoms with Crippen LogP contribution in [0.4, 0.5) is 0 Å². The van der Waals surface area contributed by atoms with Crippen molar-refractivity contribution >= 4 is 11.6 Å². The van der Waals surface area contributed by atoms with Gasteiger partial charge in [0, 0.05) is 17.1 Å². The molecule has 0 aromatic heterocycles. The molecular weight excluding hydrogens is 282 g/mol. The molecule has 0 saturated heterocycles. The van der Waals surface area contributed by atoms with Crippen LogP contribution in [0.5, 0.6) is 11.5 Å². The van der Waals surface area contributed by atoms with Gasteiger partial charge in [-0.05, 0) is 49.2 Å². The quantitative estimate of drug-likeness (QED) is 0.710. The van der Waals surface area contributed by atoms with Crippen molar-refractivity contribution in [3.8, 4) is 11.5 Å². The van der Waals surface area contributed by atoms with Gasteiger partial charge in [0.15, 0.2) is 0 Å². The zero-order valence-electron chi connectivity index (χ0n) is 12.7. The van der Waals surface area contributed by atoms with Gasteiger partial charge in [0.2, 0.25) is 0 Å². The number of aryl methyl sites for hydroxylation is 1. The minimum atomic E-state index is 0.689. The number of hydrogen-bond donors (Lipinski definition) is 1. The molecule has 0 aliphatic heterocycles. The highest BCUT2D eigenvalue weighted by Gasteiger charge is 2.06. The summed E-state index contributed by atoms with van der Waals surface area (Å²) in [6.07, 6.45) is 2.14. The van der Waals surface area contributed by atoms with Crippen molar-refractivity contribution in [3.05, 3.63) is 58.6 Å². The molecule has 2 rings (SSSR count). The molecule has 2 nitrogen and oxygen atoms in total. The first kappa shape index (κ1) is 15.9. The summed E-state index contributed by atoms with van der Waals surface area (Å²) in [5.74, 6) is 1.65. The summed E-state index contributed by atoms with van der Waals surface area (Å²) in [5, 5.41) is 4.08. The van der Waals surface area contributed by atoms with Crippen LogP contribution in [0.2, 0.25) is 5.02 Å². The summed E-state index contributed by atoms with van der Waals surface area (Å²) in [5.41, 5.74) is 2.42. The molecule has 0 radical (unpaired) electrons. The van der Waals surface area contributed by atoms with E-state index in [0.717, 1.165) is 43.0 Å². The normalized spacial score (nSPS) is 10.6. The van der Waals surface area contributed by atoms with Crippen molar-refractivity contribution in [1.29, 1.82) is 0 Å². The second-order valence-corrected chi connectivity index (χ2v) is 5.46. The lowest BCUT2D eigenvalue weighted by molar-refractivity contribution is 0.472. The Morgan fingerprint density at radius 1 is 1.05 bits per heavy atom. The molecule has 0 bridgehead atoms. The molecule has 3 heteroatoms. The van der Waals surface area contributed by atoms with E-state index in [2.05, 4.69) is 31.3 Å². The predicted molar refractivity (Wildman–Crippen MR) is 89.3 cm³/mol. The zero-order valence-corrected chi connectivity index (χ0v) is 13.4. The predicted octanol–water partition coefficient (Wildman–Crippen LogP) is 5.19. The molecule has 0 atom stereocenters. The van der Waals surface area contributed by atoms with Crippen molar-refractivity contribution in [2.75, 3.05) is 6.54 Å². The van der Waals surface area contributed by atoms with E-state index in [1.54, 1.807) is 0 Å². The SMILES string of the molecule is CCCNCc1ccc(Cl)cc1Oc1ccc(CC)cc1. The highest BCUT2D eigenvalue weighted by Crippen LogP contribution is 2.28. The molecule has 0 fully saturated rings. The Morgan fingerprint density at radius 3 is 2.48 bits per heavy atom. The van der Waals surface area contributed by atoms with Gasteiger partial charge in [0.05, 0.1) is 0 Å². The van der Waals surface area contributed by atoms with Gasteiger partial charge in [-0.25, -0.2) is 0 Å². The summed E-state index contributed by atoms with van der Waals surface area (Å²) in [4.78, 5) is 0.